The Bertz CT molecular complexity index is 505. The van der Waals surface area contributed by atoms with Gasteiger partial charge in [0.15, 0.2) is 0 Å². The lowest BCUT2D eigenvalue weighted by Crippen LogP contribution is -2.20. The predicted octanol–water partition coefficient (Wildman–Crippen LogP) is 2.95. The van der Waals surface area contributed by atoms with Crippen molar-refractivity contribution >= 4 is 0 Å². The molecule has 0 aliphatic carbocycles. The van der Waals surface area contributed by atoms with Crippen LogP contribution in [-0.4, -0.2) is 18.6 Å². The van der Waals surface area contributed by atoms with Crippen LogP contribution in [0.5, 0.6) is 5.75 Å². The maximum absolute atomic E-state index is 13.6. The average Bonchev–Trinajstić information content (AvgIpc) is 2.46. The predicted molar refractivity (Wildman–Crippen MR) is 72.5 cm³/mol. The van der Waals surface area contributed by atoms with Crippen LogP contribution in [0.4, 0.5) is 4.39 Å². The van der Waals surface area contributed by atoms with Crippen LogP contribution in [0.2, 0.25) is 0 Å². The van der Waals surface area contributed by atoms with Crippen LogP contribution >= 0.6 is 0 Å². The third-order valence-corrected chi connectivity index (χ3v) is 2.95. The van der Waals surface area contributed by atoms with Crippen LogP contribution in [0, 0.1) is 5.82 Å². The molecule has 2 aromatic rings. The Labute approximate surface area is 112 Å². The minimum absolute atomic E-state index is 0.0771. The van der Waals surface area contributed by atoms with E-state index in [-0.39, 0.29) is 11.9 Å². The standard InChI is InChI=1S/C15H17FN2O/c1-17-15(13-7-9-18-11-14(13)16)8-10-19-12-5-3-2-4-6-12/h2-7,9,11,15,17H,8,10H2,1H3. The first-order chi connectivity index (χ1) is 9.31. The Balaban J connectivity index is 1.92. The zero-order valence-corrected chi connectivity index (χ0v) is 10.8. The molecule has 1 unspecified atom stereocenters. The summed E-state index contributed by atoms with van der Waals surface area (Å²) >= 11 is 0. The van der Waals surface area contributed by atoms with Gasteiger partial charge in [0.05, 0.1) is 12.8 Å². The van der Waals surface area contributed by atoms with Crippen LogP contribution in [0.1, 0.15) is 18.0 Å². The third kappa shape index (κ3) is 3.76. The van der Waals surface area contributed by atoms with Gasteiger partial charge in [-0.05, 0) is 25.2 Å². The number of pyridine rings is 1. The fourth-order valence-corrected chi connectivity index (χ4v) is 1.94. The molecule has 0 bridgehead atoms. The fourth-order valence-electron chi connectivity index (χ4n) is 1.94. The quantitative estimate of drug-likeness (QED) is 0.867. The van der Waals surface area contributed by atoms with Gasteiger partial charge in [-0.1, -0.05) is 18.2 Å². The number of ether oxygens (including phenoxy) is 1. The molecule has 1 heterocycles. The Hall–Kier alpha value is -1.94. The highest BCUT2D eigenvalue weighted by Gasteiger charge is 2.13. The van der Waals surface area contributed by atoms with Crippen LogP contribution < -0.4 is 10.1 Å². The SMILES string of the molecule is CNC(CCOc1ccccc1)c1ccncc1F. The van der Waals surface area contributed by atoms with E-state index in [1.54, 1.807) is 12.3 Å². The number of benzene rings is 1. The summed E-state index contributed by atoms with van der Waals surface area (Å²) in [5.41, 5.74) is 0.620. The van der Waals surface area contributed by atoms with Gasteiger partial charge >= 0.3 is 0 Å². The van der Waals surface area contributed by atoms with E-state index in [9.17, 15) is 4.39 Å². The van der Waals surface area contributed by atoms with Gasteiger partial charge in [-0.2, -0.15) is 0 Å². The molecule has 0 saturated carbocycles. The molecule has 1 aromatic carbocycles. The summed E-state index contributed by atoms with van der Waals surface area (Å²) in [6, 6.07) is 11.2. The Kier molecular flexibility index (Phi) is 4.86. The van der Waals surface area contributed by atoms with Crippen molar-refractivity contribution in [3.05, 3.63) is 60.2 Å². The summed E-state index contributed by atoms with van der Waals surface area (Å²) in [6.45, 7) is 0.525. The van der Waals surface area contributed by atoms with E-state index in [0.29, 0.717) is 18.6 Å². The van der Waals surface area contributed by atoms with E-state index in [2.05, 4.69) is 10.3 Å². The van der Waals surface area contributed by atoms with Crippen molar-refractivity contribution in [1.82, 2.24) is 10.3 Å². The van der Waals surface area contributed by atoms with Crippen LogP contribution in [0.15, 0.2) is 48.8 Å². The van der Waals surface area contributed by atoms with Crippen molar-refractivity contribution in [1.29, 1.82) is 0 Å². The highest BCUT2D eigenvalue weighted by molar-refractivity contribution is 5.21. The van der Waals surface area contributed by atoms with Gasteiger partial charge in [0.1, 0.15) is 11.6 Å². The fraction of sp³-hybridized carbons (Fsp3) is 0.267. The van der Waals surface area contributed by atoms with Crippen molar-refractivity contribution in [3.63, 3.8) is 0 Å². The number of hydrogen-bond acceptors (Lipinski definition) is 3. The largest absolute Gasteiger partial charge is 0.494 e. The Morgan fingerprint density at radius 3 is 2.74 bits per heavy atom. The summed E-state index contributed by atoms with van der Waals surface area (Å²) in [4.78, 5) is 3.76. The molecule has 0 fully saturated rings. The number of nitrogens with zero attached hydrogens (tertiary/aromatic N) is 1. The second-order valence-corrected chi connectivity index (χ2v) is 4.19. The minimum Gasteiger partial charge on any atom is -0.494 e. The summed E-state index contributed by atoms with van der Waals surface area (Å²) in [6.07, 6.45) is 3.52. The molecule has 1 aromatic heterocycles. The molecule has 0 spiro atoms. The number of nitrogens with one attached hydrogen (secondary N) is 1. The molecule has 3 nitrogen and oxygen atoms in total. The van der Waals surface area contributed by atoms with Gasteiger partial charge in [0, 0.05) is 24.2 Å². The zero-order valence-electron chi connectivity index (χ0n) is 10.8. The van der Waals surface area contributed by atoms with Crippen LogP contribution in [0.3, 0.4) is 0 Å². The van der Waals surface area contributed by atoms with Crippen LogP contribution in [-0.2, 0) is 0 Å². The van der Waals surface area contributed by atoms with Crippen molar-refractivity contribution in [2.24, 2.45) is 0 Å². The minimum atomic E-state index is -0.290. The molecule has 1 N–H and O–H groups in total. The van der Waals surface area contributed by atoms with E-state index in [1.807, 2.05) is 37.4 Å². The van der Waals surface area contributed by atoms with E-state index in [0.717, 1.165) is 5.75 Å². The summed E-state index contributed by atoms with van der Waals surface area (Å²) in [5.74, 6) is 0.536. The number of aromatic nitrogens is 1. The van der Waals surface area contributed by atoms with Crippen LogP contribution in [0.25, 0.3) is 0 Å². The molecule has 0 radical (unpaired) electrons. The summed E-state index contributed by atoms with van der Waals surface area (Å²) < 4.78 is 19.3. The van der Waals surface area contributed by atoms with E-state index < -0.39 is 0 Å². The molecule has 0 aliphatic heterocycles. The van der Waals surface area contributed by atoms with Crippen molar-refractivity contribution < 1.29 is 9.13 Å². The van der Waals surface area contributed by atoms with Gasteiger partial charge in [0.25, 0.3) is 0 Å². The summed E-state index contributed by atoms with van der Waals surface area (Å²) in [5, 5.41) is 3.10. The average molecular weight is 260 g/mol. The zero-order chi connectivity index (χ0) is 13.5. The molecular weight excluding hydrogens is 243 g/mol. The molecule has 0 saturated heterocycles. The van der Waals surface area contributed by atoms with E-state index >= 15 is 0 Å². The maximum Gasteiger partial charge on any atom is 0.146 e. The van der Waals surface area contributed by atoms with Gasteiger partial charge < -0.3 is 10.1 Å². The Morgan fingerprint density at radius 1 is 1.26 bits per heavy atom. The first-order valence-electron chi connectivity index (χ1n) is 6.26. The number of para-hydroxylation sites is 1. The number of halogens is 1. The summed E-state index contributed by atoms with van der Waals surface area (Å²) in [7, 11) is 1.81. The van der Waals surface area contributed by atoms with Gasteiger partial charge in [-0.3, -0.25) is 4.98 Å². The first kappa shape index (κ1) is 13.5. The highest BCUT2D eigenvalue weighted by atomic mass is 19.1. The molecule has 0 aliphatic rings. The maximum atomic E-state index is 13.6. The first-order valence-corrected chi connectivity index (χ1v) is 6.26. The third-order valence-electron chi connectivity index (χ3n) is 2.95. The molecule has 1 atom stereocenters. The lowest BCUT2D eigenvalue weighted by Gasteiger charge is -2.17. The Morgan fingerprint density at radius 2 is 2.05 bits per heavy atom. The lowest BCUT2D eigenvalue weighted by atomic mass is 10.1. The number of rotatable bonds is 6. The molecule has 4 heteroatoms. The van der Waals surface area contributed by atoms with Crippen molar-refractivity contribution in [2.45, 2.75) is 12.5 Å². The van der Waals surface area contributed by atoms with Crippen molar-refractivity contribution in [2.75, 3.05) is 13.7 Å². The molecule has 2 rings (SSSR count). The van der Waals surface area contributed by atoms with E-state index in [4.69, 9.17) is 4.74 Å². The highest BCUT2D eigenvalue weighted by Crippen LogP contribution is 2.19. The second kappa shape index (κ2) is 6.85. The number of hydrogen-bond donors (Lipinski definition) is 1. The molecule has 19 heavy (non-hydrogen) atoms. The van der Waals surface area contributed by atoms with Gasteiger partial charge in [-0.25, -0.2) is 4.39 Å². The normalized spacial score (nSPS) is 12.1. The lowest BCUT2D eigenvalue weighted by molar-refractivity contribution is 0.288. The second-order valence-electron chi connectivity index (χ2n) is 4.19. The van der Waals surface area contributed by atoms with Crippen molar-refractivity contribution in [3.8, 4) is 5.75 Å². The smallest absolute Gasteiger partial charge is 0.146 e. The van der Waals surface area contributed by atoms with Gasteiger partial charge in [0.2, 0.25) is 0 Å². The van der Waals surface area contributed by atoms with Gasteiger partial charge in [-0.15, -0.1) is 0 Å². The van der Waals surface area contributed by atoms with E-state index in [1.165, 1.54) is 6.20 Å². The topological polar surface area (TPSA) is 34.1 Å². The molecular formula is C15H17FN2O. The molecule has 100 valence electrons. The molecule has 0 amide bonds. The monoisotopic (exact) mass is 260 g/mol.